The largest absolute Gasteiger partial charge is 0.478 e. The van der Waals surface area contributed by atoms with Crippen molar-refractivity contribution in [1.29, 1.82) is 0 Å². The van der Waals surface area contributed by atoms with Gasteiger partial charge in [-0.05, 0) is 25.1 Å². The zero-order valence-electron chi connectivity index (χ0n) is 10.4. The number of nitrogens with zero attached hydrogens (tertiary/aromatic N) is 3. The summed E-state index contributed by atoms with van der Waals surface area (Å²) in [4.78, 5) is 12.4. The Kier molecular flexibility index (Phi) is 2.95. The first-order chi connectivity index (χ1) is 9.26. The van der Waals surface area contributed by atoms with Gasteiger partial charge in [-0.2, -0.15) is 9.37 Å². The van der Waals surface area contributed by atoms with Crippen molar-refractivity contribution in [1.82, 2.24) is 9.97 Å². The van der Waals surface area contributed by atoms with Crippen LogP contribution in [-0.4, -0.2) is 22.3 Å². The highest BCUT2D eigenvalue weighted by Gasteiger charge is 2.18. The van der Waals surface area contributed by atoms with Crippen molar-refractivity contribution in [2.24, 2.45) is 4.99 Å². The molecule has 0 unspecified atom stereocenters. The van der Waals surface area contributed by atoms with Crippen LogP contribution in [0.3, 0.4) is 0 Å². The smallest absolute Gasteiger partial charge is 0.215 e. The number of pyridine rings is 2. The number of hydrogen-bond acceptors (Lipinski definition) is 4. The Morgan fingerprint density at radius 3 is 2.89 bits per heavy atom. The van der Waals surface area contributed by atoms with Crippen molar-refractivity contribution in [3.8, 4) is 5.88 Å². The zero-order valence-corrected chi connectivity index (χ0v) is 10.4. The summed E-state index contributed by atoms with van der Waals surface area (Å²) in [6.45, 7) is 2.48. The van der Waals surface area contributed by atoms with E-state index in [2.05, 4.69) is 15.0 Å². The lowest BCUT2D eigenvalue weighted by Crippen LogP contribution is -2.01. The average Bonchev–Trinajstić information content (AvgIpc) is 2.83. The average molecular weight is 257 g/mol. The first kappa shape index (κ1) is 11.8. The minimum absolute atomic E-state index is 0.489. The number of ether oxygens (including phenoxy) is 1. The summed E-state index contributed by atoms with van der Waals surface area (Å²) in [5, 5.41) is 0. The lowest BCUT2D eigenvalue weighted by Gasteiger charge is -2.02. The number of rotatable bonds is 3. The fourth-order valence-corrected chi connectivity index (χ4v) is 1.98. The normalized spacial score (nSPS) is 13.1. The molecular formula is C14H12FN3O. The van der Waals surface area contributed by atoms with Gasteiger partial charge in [0.1, 0.15) is 0 Å². The van der Waals surface area contributed by atoms with Crippen molar-refractivity contribution in [3.05, 3.63) is 47.5 Å². The van der Waals surface area contributed by atoms with Crippen LogP contribution in [0.2, 0.25) is 0 Å². The Morgan fingerprint density at radius 2 is 2.16 bits per heavy atom. The molecule has 3 rings (SSSR count). The predicted molar refractivity (Wildman–Crippen MR) is 69.5 cm³/mol. The first-order valence-corrected chi connectivity index (χ1v) is 6.08. The minimum Gasteiger partial charge on any atom is -0.478 e. The van der Waals surface area contributed by atoms with Crippen LogP contribution in [0.4, 0.5) is 10.2 Å². The first-order valence-electron chi connectivity index (χ1n) is 6.08. The summed E-state index contributed by atoms with van der Waals surface area (Å²) in [6, 6.07) is 6.81. The summed E-state index contributed by atoms with van der Waals surface area (Å²) >= 11 is 0. The highest BCUT2D eigenvalue weighted by Crippen LogP contribution is 2.28. The lowest BCUT2D eigenvalue weighted by molar-refractivity contribution is 0.327. The molecular weight excluding hydrogens is 245 g/mol. The molecule has 0 atom stereocenters. The molecule has 96 valence electrons. The van der Waals surface area contributed by atoms with Crippen LogP contribution >= 0.6 is 0 Å². The van der Waals surface area contributed by atoms with E-state index in [9.17, 15) is 4.39 Å². The van der Waals surface area contributed by atoms with Crippen LogP contribution < -0.4 is 4.74 Å². The van der Waals surface area contributed by atoms with Gasteiger partial charge in [0.2, 0.25) is 11.8 Å². The molecule has 0 fully saturated rings. The Bertz CT molecular complexity index is 638. The van der Waals surface area contributed by atoms with Crippen molar-refractivity contribution in [3.63, 3.8) is 0 Å². The van der Waals surface area contributed by atoms with Crippen molar-refractivity contribution in [2.45, 2.75) is 13.3 Å². The molecule has 0 aliphatic carbocycles. The molecule has 3 heterocycles. The maximum absolute atomic E-state index is 12.8. The minimum atomic E-state index is -0.489. The molecule has 0 aromatic carbocycles. The molecule has 1 aliphatic heterocycles. The maximum Gasteiger partial charge on any atom is 0.215 e. The number of hydrogen-bond donors (Lipinski definition) is 0. The molecule has 0 bridgehead atoms. The molecule has 2 aromatic heterocycles. The van der Waals surface area contributed by atoms with Gasteiger partial charge in [-0.15, -0.1) is 0 Å². The second kappa shape index (κ2) is 4.76. The van der Waals surface area contributed by atoms with Gasteiger partial charge in [0.05, 0.1) is 12.3 Å². The third-order valence-electron chi connectivity index (χ3n) is 2.88. The SMILES string of the molecule is CCOc1ccc2c(n1)N=C(c1ccc(F)nc1)C2. The van der Waals surface area contributed by atoms with E-state index in [1.165, 1.54) is 12.3 Å². The monoisotopic (exact) mass is 257 g/mol. The lowest BCUT2D eigenvalue weighted by atomic mass is 10.1. The van der Waals surface area contributed by atoms with E-state index < -0.39 is 5.95 Å². The molecule has 1 aliphatic rings. The van der Waals surface area contributed by atoms with Crippen LogP contribution in [0.25, 0.3) is 0 Å². The molecule has 0 N–H and O–H groups in total. The van der Waals surface area contributed by atoms with E-state index >= 15 is 0 Å². The number of fused-ring (bicyclic) bond motifs is 1. The molecule has 0 saturated heterocycles. The molecule has 0 radical (unpaired) electrons. The van der Waals surface area contributed by atoms with Gasteiger partial charge in [-0.1, -0.05) is 0 Å². The molecule has 0 saturated carbocycles. The Morgan fingerprint density at radius 1 is 1.26 bits per heavy atom. The second-order valence-corrected chi connectivity index (χ2v) is 4.17. The van der Waals surface area contributed by atoms with E-state index in [4.69, 9.17) is 4.74 Å². The molecule has 4 nitrogen and oxygen atoms in total. The van der Waals surface area contributed by atoms with E-state index in [1.807, 2.05) is 19.1 Å². The Labute approximate surface area is 110 Å². The van der Waals surface area contributed by atoms with Gasteiger partial charge in [-0.3, -0.25) is 0 Å². The zero-order chi connectivity index (χ0) is 13.2. The predicted octanol–water partition coefficient (Wildman–Crippen LogP) is 2.69. The van der Waals surface area contributed by atoms with Crippen LogP contribution in [-0.2, 0) is 6.42 Å². The maximum atomic E-state index is 12.8. The molecule has 0 amide bonds. The van der Waals surface area contributed by atoms with Crippen molar-refractivity contribution >= 4 is 11.5 Å². The molecule has 2 aromatic rings. The standard InChI is InChI=1S/C14H12FN3O/c1-2-19-13-6-4-9-7-11(17-14(9)18-13)10-3-5-12(15)16-8-10/h3-6,8H,2,7H2,1H3. The number of aromatic nitrogens is 2. The third kappa shape index (κ3) is 2.31. The van der Waals surface area contributed by atoms with Gasteiger partial charge in [0.15, 0.2) is 5.82 Å². The van der Waals surface area contributed by atoms with Crippen LogP contribution in [0, 0.1) is 5.95 Å². The van der Waals surface area contributed by atoms with E-state index in [0.29, 0.717) is 24.7 Å². The van der Waals surface area contributed by atoms with E-state index in [-0.39, 0.29) is 0 Å². The van der Waals surface area contributed by atoms with Gasteiger partial charge in [0.25, 0.3) is 0 Å². The van der Waals surface area contributed by atoms with Gasteiger partial charge >= 0.3 is 0 Å². The number of aliphatic imine (C=N–C) groups is 1. The Balaban J connectivity index is 1.91. The highest BCUT2D eigenvalue weighted by atomic mass is 19.1. The van der Waals surface area contributed by atoms with Gasteiger partial charge in [-0.25, -0.2) is 9.98 Å². The fraction of sp³-hybridized carbons (Fsp3) is 0.214. The molecule has 0 spiro atoms. The summed E-state index contributed by atoms with van der Waals surface area (Å²) < 4.78 is 18.1. The summed E-state index contributed by atoms with van der Waals surface area (Å²) in [7, 11) is 0. The topological polar surface area (TPSA) is 47.4 Å². The van der Waals surface area contributed by atoms with Crippen molar-refractivity contribution in [2.75, 3.05) is 6.61 Å². The second-order valence-electron chi connectivity index (χ2n) is 4.17. The van der Waals surface area contributed by atoms with Crippen LogP contribution in [0.1, 0.15) is 18.1 Å². The quantitative estimate of drug-likeness (QED) is 0.794. The molecule has 19 heavy (non-hydrogen) atoms. The summed E-state index contributed by atoms with van der Waals surface area (Å²) in [5.41, 5.74) is 2.71. The van der Waals surface area contributed by atoms with Crippen LogP contribution in [0.15, 0.2) is 35.5 Å². The highest BCUT2D eigenvalue weighted by molar-refractivity contribution is 6.05. The summed E-state index contributed by atoms with van der Waals surface area (Å²) in [6.07, 6.45) is 2.17. The van der Waals surface area contributed by atoms with E-state index in [0.717, 1.165) is 16.8 Å². The van der Waals surface area contributed by atoms with Gasteiger partial charge in [0, 0.05) is 29.8 Å². The van der Waals surface area contributed by atoms with Gasteiger partial charge < -0.3 is 4.74 Å². The summed E-state index contributed by atoms with van der Waals surface area (Å²) in [5.74, 6) is 0.755. The van der Waals surface area contributed by atoms with E-state index in [1.54, 1.807) is 6.07 Å². The molecule has 5 heteroatoms. The number of halogens is 1. The Hall–Kier alpha value is -2.30. The van der Waals surface area contributed by atoms with Crippen LogP contribution in [0.5, 0.6) is 5.88 Å². The third-order valence-corrected chi connectivity index (χ3v) is 2.88. The van der Waals surface area contributed by atoms with Crippen molar-refractivity contribution < 1.29 is 9.13 Å². The fourth-order valence-electron chi connectivity index (χ4n) is 1.98.